The molecule has 0 saturated carbocycles. The normalized spacial score (nSPS) is 12.7. The average Bonchev–Trinajstić information content (AvgIpc) is 2.21. The van der Waals surface area contributed by atoms with Crippen molar-refractivity contribution in [3.8, 4) is 0 Å². The minimum absolute atomic E-state index is 0.0527. The molecule has 0 fully saturated rings. The van der Waals surface area contributed by atoms with Crippen LogP contribution in [0.15, 0.2) is 12.7 Å². The van der Waals surface area contributed by atoms with E-state index in [1.807, 2.05) is 0 Å². The molecule has 0 bridgehead atoms. The summed E-state index contributed by atoms with van der Waals surface area (Å²) in [6, 6.07) is 0. The second-order valence-corrected chi connectivity index (χ2v) is 2.79. The molecule has 0 radical (unpaired) electrons. The smallest absolute Gasteiger partial charge is 0.0838 e. The van der Waals surface area contributed by atoms with Crippen molar-refractivity contribution >= 4 is 0 Å². The molecule has 0 spiro atoms. The van der Waals surface area contributed by atoms with Crippen LogP contribution in [0.3, 0.4) is 0 Å². The Morgan fingerprint density at radius 2 is 2.00 bits per heavy atom. The molecule has 0 aromatic rings. The molecule has 4 heteroatoms. The molecule has 0 heterocycles. The maximum absolute atomic E-state index is 8.42. The number of rotatable bonds is 10. The van der Waals surface area contributed by atoms with Crippen LogP contribution in [0.4, 0.5) is 0 Å². The predicted molar refractivity (Wildman–Crippen MR) is 54.3 cm³/mol. The van der Waals surface area contributed by atoms with E-state index in [0.29, 0.717) is 26.4 Å². The van der Waals surface area contributed by atoms with Crippen LogP contribution < -0.4 is 0 Å². The highest BCUT2D eigenvalue weighted by molar-refractivity contribution is 4.72. The summed E-state index contributed by atoms with van der Waals surface area (Å²) in [6.07, 6.45) is 2.67. The maximum atomic E-state index is 8.42. The van der Waals surface area contributed by atoms with E-state index in [-0.39, 0.29) is 12.7 Å². The number of ether oxygens (including phenoxy) is 3. The zero-order chi connectivity index (χ0) is 10.6. The lowest BCUT2D eigenvalue weighted by Gasteiger charge is -2.13. The molecule has 0 aromatic heterocycles. The summed E-state index contributed by atoms with van der Waals surface area (Å²) >= 11 is 0. The van der Waals surface area contributed by atoms with E-state index in [0.717, 1.165) is 6.42 Å². The third-order valence-corrected chi connectivity index (χ3v) is 1.67. The lowest BCUT2D eigenvalue weighted by atomic mass is 10.3. The first kappa shape index (κ1) is 13.6. The molecule has 1 atom stereocenters. The van der Waals surface area contributed by atoms with Gasteiger partial charge in [0.2, 0.25) is 0 Å². The highest BCUT2D eigenvalue weighted by atomic mass is 16.5. The topological polar surface area (TPSA) is 47.9 Å². The monoisotopic (exact) mass is 204 g/mol. The van der Waals surface area contributed by atoms with Crippen LogP contribution in [0, 0.1) is 0 Å². The fraction of sp³-hybridized carbons (Fsp3) is 0.800. The molecule has 0 aliphatic heterocycles. The van der Waals surface area contributed by atoms with Crippen LogP contribution in [-0.4, -0.2) is 51.4 Å². The molecule has 4 nitrogen and oxygen atoms in total. The van der Waals surface area contributed by atoms with Crippen molar-refractivity contribution in [2.75, 3.05) is 40.1 Å². The van der Waals surface area contributed by atoms with Crippen molar-refractivity contribution < 1.29 is 19.3 Å². The number of aliphatic hydroxyl groups is 1. The van der Waals surface area contributed by atoms with E-state index < -0.39 is 0 Å². The molecule has 1 unspecified atom stereocenters. The third-order valence-electron chi connectivity index (χ3n) is 1.67. The molecule has 0 aliphatic rings. The van der Waals surface area contributed by atoms with Crippen molar-refractivity contribution in [2.45, 2.75) is 12.5 Å². The van der Waals surface area contributed by atoms with E-state index in [9.17, 15) is 0 Å². The molecule has 0 aromatic carbocycles. The quantitative estimate of drug-likeness (QED) is 0.418. The maximum Gasteiger partial charge on any atom is 0.0838 e. The first-order valence-corrected chi connectivity index (χ1v) is 4.75. The van der Waals surface area contributed by atoms with Gasteiger partial charge in [-0.15, -0.1) is 6.58 Å². The third kappa shape index (κ3) is 8.19. The first-order chi connectivity index (χ1) is 6.85. The van der Waals surface area contributed by atoms with Crippen molar-refractivity contribution in [1.82, 2.24) is 0 Å². The molecule has 0 rings (SSSR count). The van der Waals surface area contributed by atoms with Crippen LogP contribution in [0.2, 0.25) is 0 Å². The van der Waals surface area contributed by atoms with Gasteiger partial charge in [0.05, 0.1) is 39.1 Å². The highest BCUT2D eigenvalue weighted by Gasteiger charge is 2.03. The van der Waals surface area contributed by atoms with Crippen molar-refractivity contribution in [3.05, 3.63) is 12.7 Å². The van der Waals surface area contributed by atoms with E-state index in [4.69, 9.17) is 19.3 Å². The summed E-state index contributed by atoms with van der Waals surface area (Å²) in [5.41, 5.74) is 0. The number of hydrogen-bond acceptors (Lipinski definition) is 4. The van der Waals surface area contributed by atoms with Gasteiger partial charge in [-0.1, -0.05) is 6.08 Å². The first-order valence-electron chi connectivity index (χ1n) is 4.75. The average molecular weight is 204 g/mol. The van der Waals surface area contributed by atoms with Gasteiger partial charge < -0.3 is 19.3 Å². The van der Waals surface area contributed by atoms with Crippen molar-refractivity contribution in [3.63, 3.8) is 0 Å². The van der Waals surface area contributed by atoms with Crippen LogP contribution in [0.5, 0.6) is 0 Å². The number of hydrogen-bond donors (Lipinski definition) is 1. The van der Waals surface area contributed by atoms with Gasteiger partial charge in [-0.05, 0) is 6.42 Å². The zero-order valence-electron chi connectivity index (χ0n) is 8.78. The SMILES string of the molecule is C=CCC(COCCOCCO)OC. The highest BCUT2D eigenvalue weighted by Crippen LogP contribution is 1.98. The van der Waals surface area contributed by atoms with Gasteiger partial charge in [0.25, 0.3) is 0 Å². The van der Waals surface area contributed by atoms with Crippen LogP contribution in [0.25, 0.3) is 0 Å². The van der Waals surface area contributed by atoms with E-state index in [2.05, 4.69) is 6.58 Å². The Hall–Kier alpha value is -0.420. The lowest BCUT2D eigenvalue weighted by molar-refractivity contribution is -0.0158. The Labute approximate surface area is 85.5 Å². The summed E-state index contributed by atoms with van der Waals surface area (Å²) in [7, 11) is 1.65. The Bertz CT molecular complexity index is 127. The van der Waals surface area contributed by atoms with E-state index in [1.165, 1.54) is 0 Å². The van der Waals surface area contributed by atoms with Gasteiger partial charge in [-0.25, -0.2) is 0 Å². The summed E-state index contributed by atoms with van der Waals surface area (Å²) in [6.45, 7) is 5.62. The second-order valence-electron chi connectivity index (χ2n) is 2.79. The van der Waals surface area contributed by atoms with Crippen LogP contribution in [0.1, 0.15) is 6.42 Å². The fourth-order valence-electron chi connectivity index (χ4n) is 0.917. The van der Waals surface area contributed by atoms with Gasteiger partial charge >= 0.3 is 0 Å². The molecule has 1 N–H and O–H groups in total. The predicted octanol–water partition coefficient (Wildman–Crippen LogP) is 0.603. The van der Waals surface area contributed by atoms with Gasteiger partial charge in [0.1, 0.15) is 0 Å². The van der Waals surface area contributed by atoms with E-state index >= 15 is 0 Å². The van der Waals surface area contributed by atoms with Crippen molar-refractivity contribution in [1.29, 1.82) is 0 Å². The molecule has 84 valence electrons. The number of aliphatic hydroxyl groups excluding tert-OH is 1. The molecule has 0 amide bonds. The molecule has 0 saturated heterocycles. The number of methoxy groups -OCH3 is 1. The summed E-state index contributed by atoms with van der Waals surface area (Å²) in [5, 5.41) is 8.42. The molecular weight excluding hydrogens is 184 g/mol. The Balaban J connectivity index is 3.19. The van der Waals surface area contributed by atoms with Gasteiger partial charge in [0.15, 0.2) is 0 Å². The minimum atomic E-state index is 0.0527. The second kappa shape index (κ2) is 10.7. The Kier molecular flexibility index (Phi) is 10.3. The Morgan fingerprint density at radius 1 is 1.29 bits per heavy atom. The lowest BCUT2D eigenvalue weighted by Crippen LogP contribution is -2.19. The van der Waals surface area contributed by atoms with Crippen LogP contribution in [-0.2, 0) is 14.2 Å². The largest absolute Gasteiger partial charge is 0.394 e. The van der Waals surface area contributed by atoms with Crippen molar-refractivity contribution in [2.24, 2.45) is 0 Å². The zero-order valence-corrected chi connectivity index (χ0v) is 8.78. The fourth-order valence-corrected chi connectivity index (χ4v) is 0.917. The summed E-state index contributed by atoms with van der Waals surface area (Å²) in [5.74, 6) is 0. The molecular formula is C10H20O4. The van der Waals surface area contributed by atoms with Gasteiger partial charge in [0, 0.05) is 7.11 Å². The van der Waals surface area contributed by atoms with Crippen LogP contribution >= 0.6 is 0 Å². The summed E-state index contributed by atoms with van der Waals surface area (Å²) in [4.78, 5) is 0. The van der Waals surface area contributed by atoms with E-state index in [1.54, 1.807) is 13.2 Å². The standard InChI is InChI=1S/C10H20O4/c1-3-4-10(12-2)9-14-8-7-13-6-5-11/h3,10-11H,1,4-9H2,2H3. The molecule has 0 aliphatic carbocycles. The van der Waals surface area contributed by atoms with Gasteiger partial charge in [-0.2, -0.15) is 0 Å². The summed E-state index contributed by atoms with van der Waals surface area (Å²) < 4.78 is 15.5. The molecule has 14 heavy (non-hydrogen) atoms. The Morgan fingerprint density at radius 3 is 2.57 bits per heavy atom. The minimum Gasteiger partial charge on any atom is -0.394 e. The van der Waals surface area contributed by atoms with Gasteiger partial charge in [-0.3, -0.25) is 0 Å².